The number of H-pyrrole nitrogens is 1. The summed E-state index contributed by atoms with van der Waals surface area (Å²) in [7, 11) is 0. The fraction of sp³-hybridized carbons (Fsp3) is 0. The Morgan fingerprint density at radius 2 is 1.94 bits per heavy atom. The summed E-state index contributed by atoms with van der Waals surface area (Å²) in [5.41, 5.74) is -0.00770. The van der Waals surface area contributed by atoms with Crippen LogP contribution in [0.25, 0.3) is 11.3 Å². The van der Waals surface area contributed by atoms with Gasteiger partial charge in [0, 0.05) is 18.0 Å². The molecule has 7 heteroatoms. The second-order valence-corrected chi connectivity index (χ2v) is 2.89. The fourth-order valence-corrected chi connectivity index (χ4v) is 1.13. The molecule has 0 aliphatic rings. The molecule has 2 heterocycles. The van der Waals surface area contributed by atoms with E-state index in [0.717, 1.165) is 0 Å². The molecule has 80 valence electrons. The number of aromatic carboxylic acids is 1. The van der Waals surface area contributed by atoms with Crippen LogP contribution >= 0.6 is 0 Å². The SMILES string of the molecule is O=C(O)c1nnc(-c2ccncc2)c(=O)[nH]1. The van der Waals surface area contributed by atoms with Gasteiger partial charge in [-0.1, -0.05) is 0 Å². The molecule has 2 aromatic rings. The molecule has 0 aromatic carbocycles. The Labute approximate surface area is 88.8 Å². The number of hydrogen-bond donors (Lipinski definition) is 2. The van der Waals surface area contributed by atoms with Gasteiger partial charge in [0.1, 0.15) is 0 Å². The summed E-state index contributed by atoms with van der Waals surface area (Å²) in [5.74, 6) is -1.81. The molecule has 0 amide bonds. The molecule has 0 spiro atoms. The molecule has 0 aliphatic carbocycles. The third kappa shape index (κ3) is 1.78. The molecule has 7 nitrogen and oxygen atoms in total. The summed E-state index contributed by atoms with van der Waals surface area (Å²) in [6, 6.07) is 3.17. The Morgan fingerprint density at radius 3 is 2.50 bits per heavy atom. The zero-order valence-electron chi connectivity index (χ0n) is 7.91. The van der Waals surface area contributed by atoms with Crippen molar-refractivity contribution in [3.05, 3.63) is 40.7 Å². The van der Waals surface area contributed by atoms with Gasteiger partial charge < -0.3 is 5.11 Å². The third-order valence-corrected chi connectivity index (χ3v) is 1.85. The maximum absolute atomic E-state index is 11.5. The van der Waals surface area contributed by atoms with Crippen molar-refractivity contribution in [2.24, 2.45) is 0 Å². The van der Waals surface area contributed by atoms with Crippen molar-refractivity contribution in [1.82, 2.24) is 20.2 Å². The molecule has 0 unspecified atom stereocenters. The number of aromatic amines is 1. The Morgan fingerprint density at radius 1 is 1.25 bits per heavy atom. The van der Waals surface area contributed by atoms with E-state index in [-0.39, 0.29) is 5.69 Å². The highest BCUT2D eigenvalue weighted by atomic mass is 16.4. The van der Waals surface area contributed by atoms with E-state index in [0.29, 0.717) is 5.56 Å². The van der Waals surface area contributed by atoms with Crippen LogP contribution in [0.5, 0.6) is 0 Å². The molecule has 0 atom stereocenters. The van der Waals surface area contributed by atoms with Gasteiger partial charge in [0.05, 0.1) is 0 Å². The zero-order valence-corrected chi connectivity index (χ0v) is 7.91. The number of carboxylic acid groups (broad SMARTS) is 1. The van der Waals surface area contributed by atoms with Crippen LogP contribution in [0.1, 0.15) is 10.6 Å². The molecule has 0 saturated carbocycles. The Bertz CT molecular complexity index is 579. The lowest BCUT2D eigenvalue weighted by molar-refractivity contribution is 0.0681. The quantitative estimate of drug-likeness (QED) is 0.729. The summed E-state index contributed by atoms with van der Waals surface area (Å²) >= 11 is 0. The van der Waals surface area contributed by atoms with Crippen LogP contribution in [0, 0.1) is 0 Å². The highest BCUT2D eigenvalue weighted by Crippen LogP contribution is 2.08. The Kier molecular flexibility index (Phi) is 2.42. The van der Waals surface area contributed by atoms with Gasteiger partial charge >= 0.3 is 5.97 Å². The molecular weight excluding hydrogens is 212 g/mol. The van der Waals surface area contributed by atoms with Crippen LogP contribution in [0.15, 0.2) is 29.3 Å². The van der Waals surface area contributed by atoms with Crippen molar-refractivity contribution < 1.29 is 9.90 Å². The van der Waals surface area contributed by atoms with Crippen molar-refractivity contribution >= 4 is 5.97 Å². The summed E-state index contributed by atoms with van der Waals surface area (Å²) in [6.07, 6.45) is 3.00. The number of aromatic nitrogens is 4. The van der Waals surface area contributed by atoms with Gasteiger partial charge in [-0.3, -0.25) is 14.8 Å². The van der Waals surface area contributed by atoms with Crippen molar-refractivity contribution in [2.75, 3.05) is 0 Å². The van der Waals surface area contributed by atoms with Gasteiger partial charge in [-0.25, -0.2) is 4.79 Å². The third-order valence-electron chi connectivity index (χ3n) is 1.85. The van der Waals surface area contributed by atoms with E-state index in [2.05, 4.69) is 20.2 Å². The lowest BCUT2D eigenvalue weighted by Gasteiger charge is -1.98. The van der Waals surface area contributed by atoms with Gasteiger partial charge in [-0.15, -0.1) is 10.2 Å². The van der Waals surface area contributed by atoms with E-state index in [1.165, 1.54) is 12.4 Å². The molecule has 16 heavy (non-hydrogen) atoms. The van der Waals surface area contributed by atoms with Gasteiger partial charge in [-0.2, -0.15) is 0 Å². The number of nitrogens with one attached hydrogen (secondary N) is 1. The summed E-state index contributed by atoms with van der Waals surface area (Å²) in [4.78, 5) is 27.9. The van der Waals surface area contributed by atoms with Crippen LogP contribution in [0.3, 0.4) is 0 Å². The number of pyridine rings is 1. The first-order valence-electron chi connectivity index (χ1n) is 4.29. The maximum atomic E-state index is 11.5. The Balaban J connectivity index is 2.53. The lowest BCUT2D eigenvalue weighted by atomic mass is 10.2. The number of carboxylic acids is 1. The maximum Gasteiger partial charge on any atom is 0.373 e. The standard InChI is InChI=1S/C9H6N4O3/c14-8-6(5-1-3-10-4-2-5)12-13-7(11-8)9(15)16/h1-4H,(H,15,16)(H,11,13,14). The minimum absolute atomic E-state index is 0.0624. The van der Waals surface area contributed by atoms with Crippen LogP contribution in [-0.4, -0.2) is 31.2 Å². The topological polar surface area (TPSA) is 109 Å². The molecule has 2 N–H and O–H groups in total. The monoisotopic (exact) mass is 218 g/mol. The number of hydrogen-bond acceptors (Lipinski definition) is 5. The van der Waals surface area contributed by atoms with Crippen molar-refractivity contribution in [1.29, 1.82) is 0 Å². The molecule has 2 aromatic heterocycles. The second kappa shape index (κ2) is 3.89. The number of nitrogens with zero attached hydrogens (tertiary/aromatic N) is 3. The van der Waals surface area contributed by atoms with E-state index in [1.54, 1.807) is 12.1 Å². The normalized spacial score (nSPS) is 10.0. The van der Waals surface area contributed by atoms with E-state index >= 15 is 0 Å². The minimum Gasteiger partial charge on any atom is -0.475 e. The van der Waals surface area contributed by atoms with Crippen LogP contribution in [0.4, 0.5) is 0 Å². The molecule has 0 aliphatic heterocycles. The first kappa shape index (κ1) is 9.97. The molecule has 2 rings (SSSR count). The highest BCUT2D eigenvalue weighted by Gasteiger charge is 2.10. The minimum atomic E-state index is -1.33. The Hall–Kier alpha value is -2.57. The number of carbonyl (C=O) groups is 1. The van der Waals surface area contributed by atoms with E-state index in [4.69, 9.17) is 5.11 Å². The fourth-order valence-electron chi connectivity index (χ4n) is 1.13. The van der Waals surface area contributed by atoms with E-state index in [1.807, 2.05) is 0 Å². The van der Waals surface area contributed by atoms with Gasteiger partial charge in [-0.05, 0) is 12.1 Å². The number of rotatable bonds is 2. The van der Waals surface area contributed by atoms with Gasteiger partial charge in [0.2, 0.25) is 5.82 Å². The second-order valence-electron chi connectivity index (χ2n) is 2.89. The average Bonchev–Trinajstić information content (AvgIpc) is 2.30. The van der Waals surface area contributed by atoms with Crippen molar-refractivity contribution in [2.45, 2.75) is 0 Å². The summed E-state index contributed by atoms with van der Waals surface area (Å²) in [5, 5.41) is 15.5. The first-order valence-corrected chi connectivity index (χ1v) is 4.29. The van der Waals surface area contributed by atoms with Crippen LogP contribution in [0.2, 0.25) is 0 Å². The first-order chi connectivity index (χ1) is 7.68. The molecule has 0 radical (unpaired) electrons. The van der Waals surface area contributed by atoms with Crippen molar-refractivity contribution in [3.63, 3.8) is 0 Å². The molecular formula is C9H6N4O3. The van der Waals surface area contributed by atoms with E-state index < -0.39 is 17.4 Å². The van der Waals surface area contributed by atoms with Gasteiger partial charge in [0.15, 0.2) is 5.69 Å². The largest absolute Gasteiger partial charge is 0.475 e. The van der Waals surface area contributed by atoms with Crippen LogP contribution < -0.4 is 5.56 Å². The summed E-state index contributed by atoms with van der Waals surface area (Å²) < 4.78 is 0. The van der Waals surface area contributed by atoms with Crippen molar-refractivity contribution in [3.8, 4) is 11.3 Å². The molecule has 0 saturated heterocycles. The molecule has 0 fully saturated rings. The van der Waals surface area contributed by atoms with Gasteiger partial charge in [0.25, 0.3) is 5.56 Å². The predicted molar refractivity (Wildman–Crippen MR) is 52.8 cm³/mol. The van der Waals surface area contributed by atoms with E-state index in [9.17, 15) is 9.59 Å². The van der Waals surface area contributed by atoms with Crippen LogP contribution in [-0.2, 0) is 0 Å². The summed E-state index contributed by atoms with van der Waals surface area (Å²) in [6.45, 7) is 0. The zero-order chi connectivity index (χ0) is 11.5. The average molecular weight is 218 g/mol. The smallest absolute Gasteiger partial charge is 0.373 e. The lowest BCUT2D eigenvalue weighted by Crippen LogP contribution is -2.19. The predicted octanol–water partition coefficient (Wildman–Crippen LogP) is -0.0749. The highest BCUT2D eigenvalue weighted by molar-refractivity contribution is 5.82. The molecule has 0 bridgehead atoms.